The molecule has 0 aliphatic carbocycles. The molecule has 0 fully saturated rings. The number of nitrogens with zero attached hydrogens (tertiary/aromatic N) is 3. The van der Waals surface area contributed by atoms with Gasteiger partial charge in [0, 0.05) is 17.3 Å². The summed E-state index contributed by atoms with van der Waals surface area (Å²) in [5.41, 5.74) is 2.05. The molecular formula is C19H19N3OS. The van der Waals surface area contributed by atoms with Crippen LogP contribution in [0.1, 0.15) is 41.6 Å². The van der Waals surface area contributed by atoms with Crippen LogP contribution in [0.15, 0.2) is 64.8 Å². The predicted octanol–water partition coefficient (Wildman–Crippen LogP) is 4.41. The highest BCUT2D eigenvalue weighted by Crippen LogP contribution is 2.34. The average molecular weight is 337 g/mol. The van der Waals surface area contributed by atoms with Crippen molar-refractivity contribution in [3.63, 3.8) is 0 Å². The summed E-state index contributed by atoms with van der Waals surface area (Å²) in [6.07, 6.45) is 4.36. The summed E-state index contributed by atoms with van der Waals surface area (Å²) in [4.78, 5) is 21.3. The van der Waals surface area contributed by atoms with Crippen LogP contribution in [-0.4, -0.2) is 20.8 Å². The first-order chi connectivity index (χ1) is 11.7. The maximum absolute atomic E-state index is 11.6. The SMILES string of the molecule is CC(C)c1nc(C=O)n(Cc2ccncc2)c1Sc1ccccc1. The minimum Gasteiger partial charge on any atom is -0.312 e. The number of aldehydes is 1. The van der Waals surface area contributed by atoms with E-state index in [-0.39, 0.29) is 5.92 Å². The third kappa shape index (κ3) is 3.57. The summed E-state index contributed by atoms with van der Waals surface area (Å²) >= 11 is 1.65. The second kappa shape index (κ2) is 7.45. The molecule has 0 aliphatic heterocycles. The van der Waals surface area contributed by atoms with Gasteiger partial charge in [-0.1, -0.05) is 43.8 Å². The fraction of sp³-hybridized carbons (Fsp3) is 0.211. The number of aromatic nitrogens is 3. The van der Waals surface area contributed by atoms with Crippen LogP contribution in [0, 0.1) is 0 Å². The van der Waals surface area contributed by atoms with E-state index in [2.05, 4.69) is 35.9 Å². The van der Waals surface area contributed by atoms with Crippen molar-refractivity contribution in [3.8, 4) is 0 Å². The standard InChI is InChI=1S/C19H19N3OS/c1-14(2)18-19(24-16-6-4-3-5-7-16)22(17(13-23)21-18)12-15-8-10-20-11-9-15/h3-11,13-14H,12H2,1-2H3. The summed E-state index contributed by atoms with van der Waals surface area (Å²) in [5, 5.41) is 1.02. The van der Waals surface area contributed by atoms with Gasteiger partial charge in [0.25, 0.3) is 0 Å². The number of benzene rings is 1. The van der Waals surface area contributed by atoms with Crippen LogP contribution in [0.5, 0.6) is 0 Å². The van der Waals surface area contributed by atoms with Crippen molar-refractivity contribution in [1.29, 1.82) is 0 Å². The molecule has 0 unspecified atom stereocenters. The average Bonchev–Trinajstić information content (AvgIpc) is 2.94. The highest BCUT2D eigenvalue weighted by Gasteiger charge is 2.20. The molecular weight excluding hydrogens is 318 g/mol. The quantitative estimate of drug-likeness (QED) is 0.625. The number of hydrogen-bond acceptors (Lipinski definition) is 4. The Labute approximate surface area is 146 Å². The third-order valence-corrected chi connectivity index (χ3v) is 4.81. The van der Waals surface area contributed by atoms with E-state index in [0.717, 1.165) is 27.5 Å². The molecule has 0 radical (unpaired) electrons. The lowest BCUT2D eigenvalue weighted by Gasteiger charge is -2.12. The van der Waals surface area contributed by atoms with E-state index in [0.29, 0.717) is 12.4 Å². The molecule has 122 valence electrons. The van der Waals surface area contributed by atoms with E-state index < -0.39 is 0 Å². The van der Waals surface area contributed by atoms with Gasteiger partial charge in [-0.2, -0.15) is 0 Å². The van der Waals surface area contributed by atoms with Gasteiger partial charge in [-0.25, -0.2) is 4.98 Å². The van der Waals surface area contributed by atoms with Crippen LogP contribution in [0.3, 0.4) is 0 Å². The summed E-state index contributed by atoms with van der Waals surface area (Å²) in [6, 6.07) is 14.1. The van der Waals surface area contributed by atoms with Gasteiger partial charge in [-0.05, 0) is 35.7 Å². The lowest BCUT2D eigenvalue weighted by atomic mass is 10.1. The monoisotopic (exact) mass is 337 g/mol. The van der Waals surface area contributed by atoms with Crippen LogP contribution in [-0.2, 0) is 6.54 Å². The first-order valence-electron chi connectivity index (χ1n) is 7.86. The number of hydrogen-bond donors (Lipinski definition) is 0. The van der Waals surface area contributed by atoms with Gasteiger partial charge in [0.2, 0.25) is 0 Å². The zero-order chi connectivity index (χ0) is 16.9. The van der Waals surface area contributed by atoms with Gasteiger partial charge in [0.15, 0.2) is 12.1 Å². The Bertz CT molecular complexity index is 813. The number of carbonyl (C=O) groups is 1. The Hall–Kier alpha value is -2.40. The van der Waals surface area contributed by atoms with Gasteiger partial charge < -0.3 is 4.57 Å². The predicted molar refractivity (Wildman–Crippen MR) is 95.6 cm³/mol. The number of carbonyl (C=O) groups excluding carboxylic acids is 1. The fourth-order valence-electron chi connectivity index (χ4n) is 2.47. The van der Waals surface area contributed by atoms with Crippen molar-refractivity contribution in [2.24, 2.45) is 0 Å². The Kier molecular flexibility index (Phi) is 5.11. The van der Waals surface area contributed by atoms with Crippen molar-refractivity contribution in [1.82, 2.24) is 14.5 Å². The number of pyridine rings is 1. The first-order valence-corrected chi connectivity index (χ1v) is 8.68. The van der Waals surface area contributed by atoms with E-state index in [9.17, 15) is 4.79 Å². The van der Waals surface area contributed by atoms with E-state index in [4.69, 9.17) is 0 Å². The molecule has 0 aliphatic rings. The molecule has 2 heterocycles. The molecule has 0 bridgehead atoms. The molecule has 3 aromatic rings. The van der Waals surface area contributed by atoms with Crippen LogP contribution in [0.2, 0.25) is 0 Å². The second-order valence-electron chi connectivity index (χ2n) is 5.79. The summed E-state index contributed by atoms with van der Waals surface area (Å²) in [5.74, 6) is 0.711. The number of rotatable bonds is 6. The normalized spacial score (nSPS) is 11.0. The minimum absolute atomic E-state index is 0.244. The summed E-state index contributed by atoms with van der Waals surface area (Å²) in [6.45, 7) is 4.80. The first kappa shape index (κ1) is 16.5. The zero-order valence-electron chi connectivity index (χ0n) is 13.7. The Morgan fingerprint density at radius 2 is 1.83 bits per heavy atom. The molecule has 0 N–H and O–H groups in total. The van der Waals surface area contributed by atoms with Gasteiger partial charge in [0.05, 0.1) is 12.2 Å². The Balaban J connectivity index is 2.06. The maximum atomic E-state index is 11.6. The topological polar surface area (TPSA) is 47.8 Å². The van der Waals surface area contributed by atoms with E-state index in [1.165, 1.54) is 0 Å². The molecule has 5 heteroatoms. The lowest BCUT2D eigenvalue weighted by molar-refractivity contribution is 0.111. The van der Waals surface area contributed by atoms with Crippen molar-refractivity contribution in [2.45, 2.75) is 36.2 Å². The van der Waals surface area contributed by atoms with Gasteiger partial charge >= 0.3 is 0 Å². The second-order valence-corrected chi connectivity index (χ2v) is 6.85. The van der Waals surface area contributed by atoms with E-state index in [1.807, 2.05) is 34.9 Å². The highest BCUT2D eigenvalue weighted by molar-refractivity contribution is 7.99. The molecule has 0 amide bonds. The van der Waals surface area contributed by atoms with E-state index in [1.54, 1.807) is 24.2 Å². The molecule has 2 aromatic heterocycles. The smallest absolute Gasteiger partial charge is 0.185 e. The number of imidazole rings is 1. The molecule has 0 spiro atoms. The molecule has 1 aromatic carbocycles. The van der Waals surface area contributed by atoms with E-state index >= 15 is 0 Å². The van der Waals surface area contributed by atoms with Gasteiger partial charge in [-0.15, -0.1) is 0 Å². The van der Waals surface area contributed by atoms with Crippen LogP contribution in [0.25, 0.3) is 0 Å². The van der Waals surface area contributed by atoms with Gasteiger partial charge in [0.1, 0.15) is 5.03 Å². The molecule has 3 rings (SSSR count). The molecule has 0 saturated carbocycles. The Morgan fingerprint density at radius 1 is 1.12 bits per heavy atom. The van der Waals surface area contributed by atoms with Crippen molar-refractivity contribution < 1.29 is 4.79 Å². The fourth-order valence-corrected chi connectivity index (χ4v) is 3.64. The summed E-state index contributed by atoms with van der Waals surface area (Å²) in [7, 11) is 0. The molecule has 0 saturated heterocycles. The van der Waals surface area contributed by atoms with Crippen molar-refractivity contribution >= 4 is 18.0 Å². The Morgan fingerprint density at radius 3 is 2.46 bits per heavy atom. The highest BCUT2D eigenvalue weighted by atomic mass is 32.2. The largest absolute Gasteiger partial charge is 0.312 e. The van der Waals surface area contributed by atoms with Crippen molar-refractivity contribution in [2.75, 3.05) is 0 Å². The minimum atomic E-state index is 0.244. The lowest BCUT2D eigenvalue weighted by Crippen LogP contribution is -2.06. The molecule has 24 heavy (non-hydrogen) atoms. The maximum Gasteiger partial charge on any atom is 0.185 e. The zero-order valence-corrected chi connectivity index (χ0v) is 14.5. The van der Waals surface area contributed by atoms with Crippen LogP contribution < -0.4 is 0 Å². The van der Waals surface area contributed by atoms with Crippen molar-refractivity contribution in [3.05, 3.63) is 71.9 Å². The molecule has 0 atom stereocenters. The summed E-state index contributed by atoms with van der Waals surface area (Å²) < 4.78 is 2.00. The van der Waals surface area contributed by atoms with Crippen LogP contribution in [0.4, 0.5) is 0 Å². The van der Waals surface area contributed by atoms with Crippen LogP contribution >= 0.6 is 11.8 Å². The van der Waals surface area contributed by atoms with Gasteiger partial charge in [-0.3, -0.25) is 9.78 Å². The molecule has 4 nitrogen and oxygen atoms in total. The third-order valence-electron chi connectivity index (χ3n) is 3.68.